The Hall–Kier alpha value is -2.70. The first-order chi connectivity index (χ1) is 9.97. The molecule has 1 atom stereocenters. The second-order valence-electron chi connectivity index (χ2n) is 4.56. The van der Waals surface area contributed by atoms with Gasteiger partial charge in [-0.15, -0.1) is 0 Å². The summed E-state index contributed by atoms with van der Waals surface area (Å²) in [5, 5.41) is 0.492. The maximum absolute atomic E-state index is 11.8. The molecule has 1 heterocycles. The minimum atomic E-state index is -0.971. The van der Waals surface area contributed by atoms with Gasteiger partial charge in [0, 0.05) is 6.42 Å². The average Bonchev–Trinajstić information content (AvgIpc) is 2.45. The molecule has 0 spiro atoms. The summed E-state index contributed by atoms with van der Waals surface area (Å²) in [5.74, 6) is -0.889. The Labute approximate surface area is 120 Å². The summed E-state index contributed by atoms with van der Waals surface area (Å²) in [6.07, 6.45) is -0.760. The van der Waals surface area contributed by atoms with Crippen LogP contribution in [0.5, 0.6) is 0 Å². The zero-order valence-corrected chi connectivity index (χ0v) is 11.5. The SMILES string of the molecule is C[C@H](OC(=O)CCc1nc2ccccc2c(=O)[nH]1)C(N)=O. The lowest BCUT2D eigenvalue weighted by atomic mass is 10.2. The van der Waals surface area contributed by atoms with Gasteiger partial charge in [-0.1, -0.05) is 12.1 Å². The molecule has 1 aromatic heterocycles. The molecule has 3 N–H and O–H groups in total. The van der Waals surface area contributed by atoms with Gasteiger partial charge in [0.1, 0.15) is 5.82 Å². The highest BCUT2D eigenvalue weighted by Crippen LogP contribution is 2.07. The molecule has 0 saturated carbocycles. The molecule has 21 heavy (non-hydrogen) atoms. The minimum Gasteiger partial charge on any atom is -0.453 e. The number of nitrogens with two attached hydrogens (primary N) is 1. The van der Waals surface area contributed by atoms with Gasteiger partial charge in [-0.3, -0.25) is 14.4 Å². The van der Waals surface area contributed by atoms with Crippen molar-refractivity contribution < 1.29 is 14.3 Å². The highest BCUT2D eigenvalue weighted by Gasteiger charge is 2.14. The number of aromatic amines is 1. The van der Waals surface area contributed by atoms with E-state index in [2.05, 4.69) is 9.97 Å². The third-order valence-electron chi connectivity index (χ3n) is 2.94. The zero-order chi connectivity index (χ0) is 15.4. The number of aromatic nitrogens is 2. The van der Waals surface area contributed by atoms with E-state index in [4.69, 9.17) is 10.5 Å². The molecule has 1 amide bonds. The second kappa shape index (κ2) is 6.17. The molecular weight excluding hydrogens is 274 g/mol. The normalized spacial score (nSPS) is 12.0. The Morgan fingerprint density at radius 2 is 2.10 bits per heavy atom. The molecule has 0 radical (unpaired) electrons. The highest BCUT2D eigenvalue weighted by atomic mass is 16.5. The number of hydrogen-bond donors (Lipinski definition) is 2. The number of amides is 1. The van der Waals surface area contributed by atoms with Gasteiger partial charge in [0.15, 0.2) is 6.10 Å². The van der Waals surface area contributed by atoms with Gasteiger partial charge in [0.05, 0.1) is 17.3 Å². The Bertz CT molecular complexity index is 738. The number of nitrogens with zero attached hydrogens (tertiary/aromatic N) is 1. The van der Waals surface area contributed by atoms with Crippen LogP contribution in [-0.4, -0.2) is 27.9 Å². The predicted octanol–water partition coefficient (Wildman–Crippen LogP) is 0.273. The number of esters is 1. The summed E-state index contributed by atoms with van der Waals surface area (Å²) in [6, 6.07) is 6.93. The van der Waals surface area contributed by atoms with Crippen LogP contribution in [0.1, 0.15) is 19.2 Å². The van der Waals surface area contributed by atoms with Crippen molar-refractivity contribution in [3.8, 4) is 0 Å². The Morgan fingerprint density at radius 1 is 1.38 bits per heavy atom. The van der Waals surface area contributed by atoms with Crippen molar-refractivity contribution in [2.75, 3.05) is 0 Å². The van der Waals surface area contributed by atoms with E-state index >= 15 is 0 Å². The largest absolute Gasteiger partial charge is 0.453 e. The third-order valence-corrected chi connectivity index (χ3v) is 2.94. The van der Waals surface area contributed by atoms with Crippen LogP contribution in [0.25, 0.3) is 10.9 Å². The monoisotopic (exact) mass is 289 g/mol. The van der Waals surface area contributed by atoms with E-state index in [1.54, 1.807) is 24.3 Å². The number of primary amides is 1. The van der Waals surface area contributed by atoms with Crippen LogP contribution in [0, 0.1) is 0 Å². The number of fused-ring (bicyclic) bond motifs is 1. The quantitative estimate of drug-likeness (QED) is 0.767. The van der Waals surface area contributed by atoms with E-state index in [1.165, 1.54) is 6.92 Å². The molecule has 0 fully saturated rings. The predicted molar refractivity (Wildman–Crippen MR) is 75.4 cm³/mol. The van der Waals surface area contributed by atoms with Crippen LogP contribution >= 0.6 is 0 Å². The van der Waals surface area contributed by atoms with Gasteiger partial charge >= 0.3 is 5.97 Å². The second-order valence-corrected chi connectivity index (χ2v) is 4.56. The third kappa shape index (κ3) is 3.65. The molecule has 110 valence electrons. The van der Waals surface area contributed by atoms with Crippen molar-refractivity contribution in [1.29, 1.82) is 0 Å². The van der Waals surface area contributed by atoms with Gasteiger partial charge in [-0.25, -0.2) is 4.98 Å². The van der Waals surface area contributed by atoms with Crippen LogP contribution in [-0.2, 0) is 20.7 Å². The fraction of sp³-hybridized carbons (Fsp3) is 0.286. The van der Waals surface area contributed by atoms with E-state index in [0.29, 0.717) is 16.7 Å². The number of benzene rings is 1. The zero-order valence-electron chi connectivity index (χ0n) is 11.5. The maximum Gasteiger partial charge on any atom is 0.307 e. The Balaban J connectivity index is 2.05. The van der Waals surface area contributed by atoms with Gasteiger partial charge in [-0.05, 0) is 19.1 Å². The van der Waals surface area contributed by atoms with Gasteiger partial charge < -0.3 is 15.5 Å². The smallest absolute Gasteiger partial charge is 0.307 e. The van der Waals surface area contributed by atoms with E-state index in [9.17, 15) is 14.4 Å². The number of nitrogens with one attached hydrogen (secondary N) is 1. The minimum absolute atomic E-state index is 0.00109. The number of aryl methyl sites for hydroxylation is 1. The Morgan fingerprint density at radius 3 is 2.81 bits per heavy atom. The molecule has 2 aromatic rings. The number of H-pyrrole nitrogens is 1. The van der Waals surface area contributed by atoms with E-state index < -0.39 is 18.0 Å². The first-order valence-electron chi connectivity index (χ1n) is 6.44. The number of hydrogen-bond acceptors (Lipinski definition) is 5. The molecule has 7 heteroatoms. The topological polar surface area (TPSA) is 115 Å². The number of rotatable bonds is 5. The lowest BCUT2D eigenvalue weighted by molar-refractivity contribution is -0.153. The Kier molecular flexibility index (Phi) is 4.32. The molecule has 0 aliphatic heterocycles. The van der Waals surface area contributed by atoms with Crippen LogP contribution in [0.15, 0.2) is 29.1 Å². The van der Waals surface area contributed by atoms with Crippen molar-refractivity contribution in [2.45, 2.75) is 25.9 Å². The number of para-hydroxylation sites is 1. The summed E-state index contributed by atoms with van der Waals surface area (Å²) in [4.78, 5) is 41.0. The van der Waals surface area contributed by atoms with E-state index in [0.717, 1.165) is 0 Å². The fourth-order valence-corrected chi connectivity index (χ4v) is 1.79. The summed E-state index contributed by atoms with van der Waals surface area (Å²) in [5.41, 5.74) is 5.31. The summed E-state index contributed by atoms with van der Waals surface area (Å²) >= 11 is 0. The first kappa shape index (κ1) is 14.7. The fourth-order valence-electron chi connectivity index (χ4n) is 1.79. The highest BCUT2D eigenvalue weighted by molar-refractivity contribution is 5.82. The number of ether oxygens (including phenoxy) is 1. The average molecular weight is 289 g/mol. The molecule has 0 aliphatic carbocycles. The lowest BCUT2D eigenvalue weighted by Crippen LogP contribution is -2.30. The lowest BCUT2D eigenvalue weighted by Gasteiger charge is -2.09. The summed E-state index contributed by atoms with van der Waals surface area (Å²) in [7, 11) is 0. The van der Waals surface area contributed by atoms with Crippen LogP contribution in [0.4, 0.5) is 0 Å². The number of carbonyl (C=O) groups excluding carboxylic acids is 2. The van der Waals surface area contributed by atoms with Crippen molar-refractivity contribution in [2.24, 2.45) is 5.73 Å². The molecular formula is C14H15N3O4. The molecule has 1 aromatic carbocycles. The van der Waals surface area contributed by atoms with Crippen molar-refractivity contribution >= 4 is 22.8 Å². The standard InChI is InChI=1S/C14H15N3O4/c1-8(13(15)19)21-12(18)7-6-11-16-10-5-3-2-4-9(10)14(20)17-11/h2-5,8H,6-7H2,1H3,(H2,15,19)(H,16,17,20)/t8-/m0/s1. The molecule has 0 saturated heterocycles. The van der Waals surface area contributed by atoms with Crippen LogP contribution < -0.4 is 11.3 Å². The van der Waals surface area contributed by atoms with Crippen LogP contribution in [0.2, 0.25) is 0 Å². The van der Waals surface area contributed by atoms with E-state index in [-0.39, 0.29) is 18.4 Å². The van der Waals surface area contributed by atoms with Gasteiger partial charge in [0.2, 0.25) is 0 Å². The van der Waals surface area contributed by atoms with E-state index in [1.807, 2.05) is 0 Å². The van der Waals surface area contributed by atoms with Crippen molar-refractivity contribution in [3.05, 3.63) is 40.4 Å². The molecule has 0 bridgehead atoms. The van der Waals surface area contributed by atoms with Crippen molar-refractivity contribution in [1.82, 2.24) is 9.97 Å². The first-order valence-corrected chi connectivity index (χ1v) is 6.44. The van der Waals surface area contributed by atoms with Crippen LogP contribution in [0.3, 0.4) is 0 Å². The molecule has 2 rings (SSSR count). The molecule has 0 aliphatic rings. The summed E-state index contributed by atoms with van der Waals surface area (Å²) < 4.78 is 4.82. The molecule has 0 unspecified atom stereocenters. The van der Waals surface area contributed by atoms with Crippen molar-refractivity contribution in [3.63, 3.8) is 0 Å². The maximum atomic E-state index is 11.8. The van der Waals surface area contributed by atoms with Gasteiger partial charge in [0.25, 0.3) is 11.5 Å². The molecule has 7 nitrogen and oxygen atoms in total. The number of carbonyl (C=O) groups is 2. The van der Waals surface area contributed by atoms with Gasteiger partial charge in [-0.2, -0.15) is 0 Å². The summed E-state index contributed by atoms with van der Waals surface area (Å²) in [6.45, 7) is 1.40.